The second-order valence-electron chi connectivity index (χ2n) is 8.44. The number of nitrogens with zero attached hydrogens (tertiary/aromatic N) is 2. The van der Waals surface area contributed by atoms with Gasteiger partial charge in [0.25, 0.3) is 0 Å². The van der Waals surface area contributed by atoms with Gasteiger partial charge in [-0.1, -0.05) is 81.1 Å². The molecule has 0 spiro atoms. The Labute approximate surface area is 208 Å². The lowest BCUT2D eigenvalue weighted by molar-refractivity contribution is -0.143. The molecule has 0 saturated heterocycles. The summed E-state index contributed by atoms with van der Waals surface area (Å²) in [7, 11) is 0. The van der Waals surface area contributed by atoms with Crippen LogP contribution in [-0.4, -0.2) is 28.7 Å². The number of carbonyl (C=O) groups excluding carboxylic acids is 1. The van der Waals surface area contributed by atoms with Crippen LogP contribution in [0.15, 0.2) is 36.9 Å². The summed E-state index contributed by atoms with van der Waals surface area (Å²) in [5.41, 5.74) is 0.929. The molecule has 7 heteroatoms. The largest absolute Gasteiger partial charge is 0.466 e. The molecular formula is C26H38Cl2N2O3. The Balaban J connectivity index is 1.58. The summed E-state index contributed by atoms with van der Waals surface area (Å²) in [5.74, 6) is -0.0592. The molecular weight excluding hydrogens is 459 g/mol. The zero-order valence-corrected chi connectivity index (χ0v) is 21.3. The van der Waals surface area contributed by atoms with Gasteiger partial charge < -0.3 is 14.0 Å². The standard InChI is InChI=1S/C26H38Cl2N2O3/c1-2-3-4-7-11-18-33-26(31)12-9-6-5-8-10-17-32-25(20-30-16-15-29-21-30)23-14-13-22(27)19-24(23)28/h13-16,19,21,25H,2-12,17-18,20H2,1H3/t25-/m0/s1. The zero-order chi connectivity index (χ0) is 23.7. The second-order valence-corrected chi connectivity index (χ2v) is 9.28. The van der Waals surface area contributed by atoms with Crippen molar-refractivity contribution in [3.05, 3.63) is 52.5 Å². The molecule has 1 aromatic heterocycles. The summed E-state index contributed by atoms with van der Waals surface area (Å²) in [6, 6.07) is 5.52. The van der Waals surface area contributed by atoms with Gasteiger partial charge in [0, 0.05) is 41.0 Å². The highest BCUT2D eigenvalue weighted by Gasteiger charge is 2.16. The lowest BCUT2D eigenvalue weighted by Gasteiger charge is -2.20. The molecule has 0 fully saturated rings. The highest BCUT2D eigenvalue weighted by molar-refractivity contribution is 6.35. The van der Waals surface area contributed by atoms with Crippen molar-refractivity contribution in [2.24, 2.45) is 0 Å². The lowest BCUT2D eigenvalue weighted by atomic mass is 10.1. The van der Waals surface area contributed by atoms with Crippen LogP contribution in [0.1, 0.15) is 89.2 Å². The van der Waals surface area contributed by atoms with Gasteiger partial charge >= 0.3 is 5.97 Å². The molecule has 0 aliphatic carbocycles. The van der Waals surface area contributed by atoms with E-state index in [-0.39, 0.29) is 12.1 Å². The van der Waals surface area contributed by atoms with Crippen molar-refractivity contribution in [3.63, 3.8) is 0 Å². The first-order valence-electron chi connectivity index (χ1n) is 12.3. The van der Waals surface area contributed by atoms with Crippen molar-refractivity contribution in [1.82, 2.24) is 9.55 Å². The van der Waals surface area contributed by atoms with Crippen LogP contribution in [0.5, 0.6) is 0 Å². The van der Waals surface area contributed by atoms with E-state index >= 15 is 0 Å². The minimum absolute atomic E-state index is 0.0592. The number of rotatable bonds is 18. The smallest absolute Gasteiger partial charge is 0.305 e. The Hall–Kier alpha value is -1.56. The van der Waals surface area contributed by atoms with Gasteiger partial charge in [0.1, 0.15) is 6.10 Å². The molecule has 184 valence electrons. The van der Waals surface area contributed by atoms with Crippen LogP contribution < -0.4 is 0 Å². The van der Waals surface area contributed by atoms with E-state index in [0.717, 1.165) is 50.5 Å². The van der Waals surface area contributed by atoms with Gasteiger partial charge in [0.15, 0.2) is 0 Å². The van der Waals surface area contributed by atoms with E-state index in [2.05, 4.69) is 11.9 Å². The van der Waals surface area contributed by atoms with Gasteiger partial charge in [-0.25, -0.2) is 4.98 Å². The van der Waals surface area contributed by atoms with Crippen molar-refractivity contribution in [2.75, 3.05) is 13.2 Å². The number of ether oxygens (including phenoxy) is 2. The zero-order valence-electron chi connectivity index (χ0n) is 19.8. The Bertz CT molecular complexity index is 784. The van der Waals surface area contributed by atoms with Crippen molar-refractivity contribution >= 4 is 29.2 Å². The first-order chi connectivity index (χ1) is 16.1. The quantitative estimate of drug-likeness (QED) is 0.156. The molecule has 1 atom stereocenters. The molecule has 0 N–H and O–H groups in total. The number of benzene rings is 1. The van der Waals surface area contributed by atoms with Crippen molar-refractivity contribution in [2.45, 2.75) is 90.2 Å². The second kappa shape index (κ2) is 17.0. The minimum atomic E-state index is -0.166. The molecule has 0 aliphatic rings. The normalized spacial score (nSPS) is 12.1. The van der Waals surface area contributed by atoms with E-state index in [9.17, 15) is 4.79 Å². The lowest BCUT2D eigenvalue weighted by Crippen LogP contribution is -2.13. The summed E-state index contributed by atoms with van der Waals surface area (Å²) in [6.07, 6.45) is 16.7. The van der Waals surface area contributed by atoms with Crippen LogP contribution >= 0.6 is 23.2 Å². The summed E-state index contributed by atoms with van der Waals surface area (Å²) < 4.78 is 13.5. The van der Waals surface area contributed by atoms with Gasteiger partial charge in [-0.3, -0.25) is 4.79 Å². The summed E-state index contributed by atoms with van der Waals surface area (Å²) >= 11 is 12.5. The third kappa shape index (κ3) is 11.9. The number of hydrogen-bond acceptors (Lipinski definition) is 4. The Morgan fingerprint density at radius 1 is 1.00 bits per heavy atom. The molecule has 33 heavy (non-hydrogen) atoms. The monoisotopic (exact) mass is 496 g/mol. The van der Waals surface area contributed by atoms with Gasteiger partial charge in [0.2, 0.25) is 0 Å². The minimum Gasteiger partial charge on any atom is -0.466 e. The van der Waals surface area contributed by atoms with Gasteiger partial charge in [-0.2, -0.15) is 0 Å². The molecule has 0 aliphatic heterocycles. The molecule has 0 radical (unpaired) electrons. The summed E-state index contributed by atoms with van der Waals surface area (Å²) in [6.45, 7) is 4.06. The van der Waals surface area contributed by atoms with Gasteiger partial charge in [0.05, 0.1) is 19.5 Å². The fraction of sp³-hybridized carbons (Fsp3) is 0.615. The molecule has 0 bridgehead atoms. The topological polar surface area (TPSA) is 53.4 Å². The van der Waals surface area contributed by atoms with Crippen molar-refractivity contribution in [1.29, 1.82) is 0 Å². The molecule has 0 unspecified atom stereocenters. The number of unbranched alkanes of at least 4 members (excludes halogenated alkanes) is 8. The van der Waals surface area contributed by atoms with Crippen LogP contribution in [-0.2, 0) is 20.8 Å². The molecule has 0 amide bonds. The predicted molar refractivity (Wildman–Crippen MR) is 135 cm³/mol. The van der Waals surface area contributed by atoms with Crippen LogP contribution in [0.25, 0.3) is 0 Å². The number of aromatic nitrogens is 2. The molecule has 2 aromatic rings. The summed E-state index contributed by atoms with van der Waals surface area (Å²) in [4.78, 5) is 15.9. The third-order valence-corrected chi connectivity index (χ3v) is 6.16. The number of imidazole rings is 1. The maximum absolute atomic E-state index is 11.8. The van der Waals surface area contributed by atoms with E-state index in [4.69, 9.17) is 32.7 Å². The average Bonchev–Trinajstić information content (AvgIpc) is 3.30. The molecule has 1 heterocycles. The maximum atomic E-state index is 11.8. The van der Waals surface area contributed by atoms with E-state index in [1.807, 2.05) is 22.9 Å². The Kier molecular flexibility index (Phi) is 14.2. The van der Waals surface area contributed by atoms with Gasteiger partial charge in [-0.15, -0.1) is 0 Å². The fourth-order valence-electron chi connectivity index (χ4n) is 3.68. The van der Waals surface area contributed by atoms with Crippen molar-refractivity contribution < 1.29 is 14.3 Å². The number of halogens is 2. The first kappa shape index (κ1) is 27.7. The Morgan fingerprint density at radius 3 is 2.45 bits per heavy atom. The number of esters is 1. The SMILES string of the molecule is CCCCCCCOC(=O)CCCCCCCO[C@@H](Cn1ccnc1)c1ccc(Cl)cc1Cl. The molecule has 5 nitrogen and oxygen atoms in total. The first-order valence-corrected chi connectivity index (χ1v) is 13.0. The number of carbonyl (C=O) groups is 1. The van der Waals surface area contributed by atoms with E-state index in [1.165, 1.54) is 19.3 Å². The number of hydrogen-bond donors (Lipinski definition) is 0. The third-order valence-electron chi connectivity index (χ3n) is 5.60. The Morgan fingerprint density at radius 2 is 1.73 bits per heavy atom. The van der Waals surface area contributed by atoms with E-state index in [0.29, 0.717) is 36.2 Å². The van der Waals surface area contributed by atoms with Crippen LogP contribution in [0.3, 0.4) is 0 Å². The van der Waals surface area contributed by atoms with E-state index < -0.39 is 0 Å². The van der Waals surface area contributed by atoms with Crippen LogP contribution in [0.4, 0.5) is 0 Å². The van der Waals surface area contributed by atoms with Crippen molar-refractivity contribution in [3.8, 4) is 0 Å². The molecule has 1 aromatic carbocycles. The predicted octanol–water partition coefficient (Wildman–Crippen LogP) is 7.80. The highest BCUT2D eigenvalue weighted by atomic mass is 35.5. The highest BCUT2D eigenvalue weighted by Crippen LogP contribution is 2.30. The van der Waals surface area contributed by atoms with E-state index in [1.54, 1.807) is 18.6 Å². The van der Waals surface area contributed by atoms with Crippen LogP contribution in [0.2, 0.25) is 10.0 Å². The summed E-state index contributed by atoms with van der Waals surface area (Å²) in [5, 5.41) is 1.22. The molecule has 2 rings (SSSR count). The van der Waals surface area contributed by atoms with Crippen LogP contribution in [0, 0.1) is 0 Å². The van der Waals surface area contributed by atoms with Gasteiger partial charge in [-0.05, 0) is 31.4 Å². The fourth-order valence-corrected chi connectivity index (χ4v) is 4.21. The average molecular weight is 498 g/mol. The maximum Gasteiger partial charge on any atom is 0.305 e. The molecule has 0 saturated carbocycles.